The molecule has 24 heavy (non-hydrogen) atoms. The van der Waals surface area contributed by atoms with E-state index in [0.717, 1.165) is 0 Å². The minimum Gasteiger partial charge on any atom is -0.508 e. The van der Waals surface area contributed by atoms with Gasteiger partial charge in [0.2, 0.25) is 0 Å². The molecule has 2 aliphatic carbocycles. The molecule has 0 spiro atoms. The van der Waals surface area contributed by atoms with E-state index in [2.05, 4.69) is 0 Å². The molecule has 0 atom stereocenters. The number of aromatic hydroxyl groups is 2. The summed E-state index contributed by atoms with van der Waals surface area (Å²) in [7, 11) is 0. The van der Waals surface area contributed by atoms with E-state index in [0.29, 0.717) is 6.42 Å². The third kappa shape index (κ3) is 8.14. The maximum absolute atomic E-state index is 10.4. The molecule has 6 nitrogen and oxygen atoms in total. The zero-order valence-corrected chi connectivity index (χ0v) is 12.6. The predicted octanol–water partition coefficient (Wildman–Crippen LogP) is 2.31. The topological polar surface area (TPSA) is 112 Å². The Kier molecular flexibility index (Phi) is 7.44. The van der Waals surface area contributed by atoms with Gasteiger partial charge in [0.15, 0.2) is 17.3 Å². The maximum Gasteiger partial charge on any atom is 0.178 e. The Morgan fingerprint density at radius 3 is 1.33 bits per heavy atom. The lowest BCUT2D eigenvalue weighted by Crippen LogP contribution is -1.97. The largest absolute Gasteiger partial charge is 0.508 e. The Hall–Kier alpha value is -3.41. The van der Waals surface area contributed by atoms with Gasteiger partial charge in [-0.15, -0.1) is 0 Å². The summed E-state index contributed by atoms with van der Waals surface area (Å²) in [6.07, 6.45) is 9.60. The van der Waals surface area contributed by atoms with E-state index in [1.165, 1.54) is 66.8 Å². The molecule has 0 aliphatic heterocycles. The molecule has 0 saturated carbocycles. The van der Waals surface area contributed by atoms with Crippen molar-refractivity contribution in [2.45, 2.75) is 6.42 Å². The number of benzene rings is 1. The first-order valence-corrected chi connectivity index (χ1v) is 6.89. The Balaban J connectivity index is 0.000000180. The van der Waals surface area contributed by atoms with Crippen molar-refractivity contribution in [3.63, 3.8) is 0 Å². The Labute approximate surface area is 138 Å². The van der Waals surface area contributed by atoms with Crippen LogP contribution in [0, 0.1) is 0 Å². The minimum absolute atomic E-state index is 0.0443. The number of ketones is 3. The summed E-state index contributed by atoms with van der Waals surface area (Å²) >= 11 is 0. The number of carbonyl (C=O) groups excluding carboxylic acids is 3. The average Bonchev–Trinajstić information content (AvgIpc) is 2.57. The van der Waals surface area contributed by atoms with Crippen LogP contribution in [0.1, 0.15) is 6.42 Å². The number of phenols is 2. The van der Waals surface area contributed by atoms with Crippen LogP contribution < -0.4 is 0 Å². The van der Waals surface area contributed by atoms with Crippen LogP contribution in [-0.4, -0.2) is 32.7 Å². The fourth-order valence-electron chi connectivity index (χ4n) is 1.41. The lowest BCUT2D eigenvalue weighted by atomic mass is 10.1. The summed E-state index contributed by atoms with van der Waals surface area (Å²) in [6.45, 7) is 0. The summed E-state index contributed by atoms with van der Waals surface area (Å²) in [4.78, 5) is 30.9. The number of hydrogen-bond acceptors (Lipinski definition) is 6. The molecule has 1 aromatic rings. The zero-order valence-electron chi connectivity index (χ0n) is 12.6. The summed E-state index contributed by atoms with van der Waals surface area (Å²) in [5, 5.41) is 25.9. The van der Waals surface area contributed by atoms with E-state index in [9.17, 15) is 14.4 Å². The van der Waals surface area contributed by atoms with Crippen molar-refractivity contribution in [3.05, 3.63) is 72.6 Å². The SMILES string of the molecule is O=C1C=CC(=O)C=C1.O=C1C=CC(O)=CC1.Oc1ccc(O)cc1. The Bertz CT molecular complexity index is 645. The molecular weight excluding hydrogens is 312 g/mol. The third-order valence-electron chi connectivity index (χ3n) is 2.63. The first kappa shape index (κ1) is 18.6. The number of hydrogen-bond donors (Lipinski definition) is 3. The van der Waals surface area contributed by atoms with Gasteiger partial charge in [-0.2, -0.15) is 0 Å². The second-order valence-electron chi connectivity index (χ2n) is 4.62. The average molecular weight is 328 g/mol. The van der Waals surface area contributed by atoms with Crippen LogP contribution in [0.2, 0.25) is 0 Å². The molecule has 2 aliphatic rings. The fraction of sp³-hybridized carbons (Fsp3) is 0.0556. The van der Waals surface area contributed by atoms with Gasteiger partial charge in [-0.1, -0.05) is 0 Å². The number of allylic oxidation sites excluding steroid dienone is 7. The highest BCUT2D eigenvalue weighted by molar-refractivity contribution is 6.14. The summed E-state index contributed by atoms with van der Waals surface area (Å²) in [6, 6.07) is 5.70. The molecule has 1 aromatic carbocycles. The van der Waals surface area contributed by atoms with Gasteiger partial charge in [0.25, 0.3) is 0 Å². The van der Waals surface area contributed by atoms with Crippen molar-refractivity contribution >= 4 is 17.3 Å². The van der Waals surface area contributed by atoms with Crippen LogP contribution in [-0.2, 0) is 14.4 Å². The predicted molar refractivity (Wildman–Crippen MR) is 87.5 cm³/mol. The monoisotopic (exact) mass is 328 g/mol. The molecule has 3 rings (SSSR count). The first-order valence-electron chi connectivity index (χ1n) is 6.89. The van der Waals surface area contributed by atoms with Crippen LogP contribution in [0.3, 0.4) is 0 Å². The highest BCUT2D eigenvalue weighted by Gasteiger charge is 1.99. The van der Waals surface area contributed by atoms with E-state index in [4.69, 9.17) is 15.3 Å². The van der Waals surface area contributed by atoms with Gasteiger partial charge < -0.3 is 15.3 Å². The molecular formula is C18H16O6. The molecule has 0 radical (unpaired) electrons. The summed E-state index contributed by atoms with van der Waals surface area (Å²) in [5.41, 5.74) is 0. The molecule has 6 heteroatoms. The van der Waals surface area contributed by atoms with Gasteiger partial charge >= 0.3 is 0 Å². The van der Waals surface area contributed by atoms with Gasteiger partial charge in [0.05, 0.1) is 0 Å². The first-order chi connectivity index (χ1) is 11.4. The molecule has 3 N–H and O–H groups in total. The van der Waals surface area contributed by atoms with E-state index in [1.54, 1.807) is 0 Å². The number of aliphatic hydroxyl groups excluding tert-OH is 1. The maximum atomic E-state index is 10.4. The Morgan fingerprint density at radius 2 is 1.04 bits per heavy atom. The molecule has 0 bridgehead atoms. The van der Waals surface area contributed by atoms with Crippen molar-refractivity contribution in [1.29, 1.82) is 0 Å². The van der Waals surface area contributed by atoms with Gasteiger partial charge in [0.1, 0.15) is 17.3 Å². The number of aliphatic hydroxyl groups is 1. The van der Waals surface area contributed by atoms with Gasteiger partial charge in [-0.05, 0) is 66.8 Å². The normalized spacial score (nSPS) is 15.0. The fourth-order valence-corrected chi connectivity index (χ4v) is 1.41. The quantitative estimate of drug-likeness (QED) is 0.498. The van der Waals surface area contributed by atoms with Crippen LogP contribution in [0.5, 0.6) is 11.5 Å². The molecule has 124 valence electrons. The van der Waals surface area contributed by atoms with E-state index >= 15 is 0 Å². The second-order valence-corrected chi connectivity index (χ2v) is 4.62. The lowest BCUT2D eigenvalue weighted by Gasteiger charge is -1.95. The molecule has 0 unspecified atom stereocenters. The molecule has 0 heterocycles. The lowest BCUT2D eigenvalue weighted by molar-refractivity contribution is -0.114. The summed E-state index contributed by atoms with van der Waals surface area (Å²) < 4.78 is 0. The van der Waals surface area contributed by atoms with Crippen LogP contribution in [0.25, 0.3) is 0 Å². The highest BCUT2D eigenvalue weighted by atomic mass is 16.3. The number of carbonyl (C=O) groups is 3. The van der Waals surface area contributed by atoms with Gasteiger partial charge in [0, 0.05) is 6.42 Å². The molecule has 0 fully saturated rings. The van der Waals surface area contributed by atoms with Gasteiger partial charge in [-0.25, -0.2) is 0 Å². The van der Waals surface area contributed by atoms with Crippen molar-refractivity contribution < 1.29 is 29.7 Å². The van der Waals surface area contributed by atoms with Crippen molar-refractivity contribution in [2.75, 3.05) is 0 Å². The molecule has 0 aromatic heterocycles. The summed E-state index contributed by atoms with van der Waals surface area (Å²) in [5.74, 6) is 0.326. The van der Waals surface area contributed by atoms with Crippen LogP contribution in [0.4, 0.5) is 0 Å². The van der Waals surface area contributed by atoms with Crippen LogP contribution >= 0.6 is 0 Å². The van der Waals surface area contributed by atoms with Crippen molar-refractivity contribution in [3.8, 4) is 11.5 Å². The standard InChI is InChI=1S/2C6H6O2.C6H4O2/c3*7-5-1-2-6(8)4-3-5/h1-3,7H,4H2;1-4,7-8H;1-4H. The number of rotatable bonds is 0. The second kappa shape index (κ2) is 9.58. The minimum atomic E-state index is -0.121. The van der Waals surface area contributed by atoms with Crippen molar-refractivity contribution in [2.24, 2.45) is 0 Å². The van der Waals surface area contributed by atoms with Gasteiger partial charge in [-0.3, -0.25) is 14.4 Å². The van der Waals surface area contributed by atoms with Crippen LogP contribution in [0.15, 0.2) is 72.6 Å². The highest BCUT2D eigenvalue weighted by Crippen LogP contribution is 2.13. The van der Waals surface area contributed by atoms with Crippen molar-refractivity contribution in [1.82, 2.24) is 0 Å². The smallest absolute Gasteiger partial charge is 0.178 e. The molecule has 0 amide bonds. The zero-order chi connectivity index (χ0) is 17.9. The third-order valence-corrected chi connectivity index (χ3v) is 2.63. The Morgan fingerprint density at radius 1 is 0.625 bits per heavy atom. The van der Waals surface area contributed by atoms with E-state index < -0.39 is 0 Å². The van der Waals surface area contributed by atoms with E-state index in [-0.39, 0.29) is 34.6 Å². The number of phenolic OH excluding ortho intramolecular Hbond substituents is 2. The van der Waals surface area contributed by atoms with E-state index in [1.807, 2.05) is 0 Å². The molecule has 0 saturated heterocycles.